The normalized spacial score (nSPS) is 13.7. The third kappa shape index (κ3) is 2.19. The first-order valence-electron chi connectivity index (χ1n) is 6.09. The standard InChI is InChI=1S/C15H12ClF2N/c16-9-10-1-4-14(13(18)7-10)19-6-5-11-2-3-12(17)8-15(11)19/h1-4,7-8H,5-6,9H2. The van der Waals surface area contributed by atoms with Gasteiger partial charge in [0.25, 0.3) is 0 Å². The maximum absolute atomic E-state index is 14.1. The average molecular weight is 280 g/mol. The van der Waals surface area contributed by atoms with Gasteiger partial charge in [-0.3, -0.25) is 0 Å². The molecule has 1 nitrogen and oxygen atoms in total. The molecular formula is C15H12ClF2N. The molecular weight excluding hydrogens is 268 g/mol. The van der Waals surface area contributed by atoms with Crippen LogP contribution in [0.3, 0.4) is 0 Å². The summed E-state index contributed by atoms with van der Waals surface area (Å²) >= 11 is 5.68. The topological polar surface area (TPSA) is 3.24 Å². The number of alkyl halides is 1. The highest BCUT2D eigenvalue weighted by Gasteiger charge is 2.23. The lowest BCUT2D eigenvalue weighted by Gasteiger charge is -2.20. The van der Waals surface area contributed by atoms with Crippen LogP contribution in [0, 0.1) is 11.6 Å². The van der Waals surface area contributed by atoms with E-state index in [1.54, 1.807) is 18.2 Å². The van der Waals surface area contributed by atoms with E-state index in [-0.39, 0.29) is 17.5 Å². The summed E-state index contributed by atoms with van der Waals surface area (Å²) in [6.07, 6.45) is 0.798. The second kappa shape index (κ2) is 4.82. The fraction of sp³-hybridized carbons (Fsp3) is 0.200. The van der Waals surface area contributed by atoms with Gasteiger partial charge in [0.05, 0.1) is 5.69 Å². The number of hydrogen-bond donors (Lipinski definition) is 0. The number of benzene rings is 2. The van der Waals surface area contributed by atoms with Crippen molar-refractivity contribution in [2.45, 2.75) is 12.3 Å². The van der Waals surface area contributed by atoms with Gasteiger partial charge in [0.15, 0.2) is 0 Å². The molecule has 0 unspecified atom stereocenters. The number of halogens is 3. The van der Waals surface area contributed by atoms with E-state index in [1.807, 2.05) is 4.90 Å². The second-order valence-electron chi connectivity index (χ2n) is 4.59. The molecule has 0 saturated heterocycles. The van der Waals surface area contributed by atoms with E-state index in [1.165, 1.54) is 18.2 Å². The van der Waals surface area contributed by atoms with Gasteiger partial charge in [-0.05, 0) is 41.8 Å². The minimum absolute atomic E-state index is 0.280. The molecule has 1 heterocycles. The van der Waals surface area contributed by atoms with Crippen LogP contribution in [0.25, 0.3) is 0 Å². The molecule has 4 heteroatoms. The first-order chi connectivity index (χ1) is 9.19. The fourth-order valence-corrected chi connectivity index (χ4v) is 2.62. The van der Waals surface area contributed by atoms with Crippen molar-refractivity contribution in [2.24, 2.45) is 0 Å². The highest BCUT2D eigenvalue weighted by molar-refractivity contribution is 6.17. The number of rotatable bonds is 2. The molecule has 0 fully saturated rings. The molecule has 0 bridgehead atoms. The predicted octanol–water partition coefficient (Wildman–Crippen LogP) is 4.40. The summed E-state index contributed by atoms with van der Waals surface area (Å²) in [5, 5.41) is 0. The van der Waals surface area contributed by atoms with E-state index in [2.05, 4.69) is 0 Å². The first kappa shape index (κ1) is 12.4. The predicted molar refractivity (Wildman–Crippen MR) is 73.1 cm³/mol. The Kier molecular flexibility index (Phi) is 3.15. The monoisotopic (exact) mass is 279 g/mol. The quantitative estimate of drug-likeness (QED) is 0.737. The molecule has 1 aliphatic rings. The minimum Gasteiger partial charge on any atom is -0.338 e. The largest absolute Gasteiger partial charge is 0.338 e. The molecule has 0 aliphatic carbocycles. The van der Waals surface area contributed by atoms with Crippen LogP contribution in [0.5, 0.6) is 0 Å². The van der Waals surface area contributed by atoms with Gasteiger partial charge >= 0.3 is 0 Å². The van der Waals surface area contributed by atoms with E-state index in [9.17, 15) is 8.78 Å². The third-order valence-electron chi connectivity index (χ3n) is 3.40. The van der Waals surface area contributed by atoms with Crippen molar-refractivity contribution in [1.82, 2.24) is 0 Å². The van der Waals surface area contributed by atoms with Crippen LogP contribution in [0.15, 0.2) is 36.4 Å². The minimum atomic E-state index is -0.324. The lowest BCUT2D eigenvalue weighted by Crippen LogP contribution is -2.15. The summed E-state index contributed by atoms with van der Waals surface area (Å²) in [6.45, 7) is 0.663. The number of hydrogen-bond acceptors (Lipinski definition) is 1. The zero-order valence-corrected chi connectivity index (χ0v) is 10.9. The molecule has 3 rings (SSSR count). The summed E-state index contributed by atoms with van der Waals surface area (Å²) in [5.41, 5.74) is 3.00. The smallest absolute Gasteiger partial charge is 0.147 e. The Morgan fingerprint density at radius 2 is 1.89 bits per heavy atom. The SMILES string of the molecule is Fc1ccc2c(c1)N(c1ccc(CCl)cc1F)CC2. The summed E-state index contributed by atoms with van der Waals surface area (Å²) in [7, 11) is 0. The Morgan fingerprint density at radius 3 is 2.63 bits per heavy atom. The molecule has 0 atom stereocenters. The Labute approximate surface area is 115 Å². The van der Waals surface area contributed by atoms with Crippen molar-refractivity contribution in [3.05, 3.63) is 59.2 Å². The van der Waals surface area contributed by atoms with Crippen molar-refractivity contribution in [3.63, 3.8) is 0 Å². The van der Waals surface area contributed by atoms with Gasteiger partial charge in [-0.15, -0.1) is 11.6 Å². The molecule has 1 aliphatic heterocycles. The molecule has 0 saturated carbocycles. The Hall–Kier alpha value is -1.61. The van der Waals surface area contributed by atoms with Crippen LogP contribution in [0.4, 0.5) is 20.2 Å². The highest BCUT2D eigenvalue weighted by atomic mass is 35.5. The molecule has 2 aromatic carbocycles. The van der Waals surface area contributed by atoms with Gasteiger partial charge in [-0.2, -0.15) is 0 Å². The van der Waals surface area contributed by atoms with E-state index in [0.29, 0.717) is 12.2 Å². The van der Waals surface area contributed by atoms with Crippen molar-refractivity contribution in [1.29, 1.82) is 0 Å². The van der Waals surface area contributed by atoms with Crippen LogP contribution in [0.2, 0.25) is 0 Å². The van der Waals surface area contributed by atoms with Crippen molar-refractivity contribution in [3.8, 4) is 0 Å². The van der Waals surface area contributed by atoms with Gasteiger partial charge in [-0.1, -0.05) is 12.1 Å². The number of nitrogens with zero attached hydrogens (tertiary/aromatic N) is 1. The van der Waals surface area contributed by atoms with Crippen molar-refractivity contribution in [2.75, 3.05) is 11.4 Å². The van der Waals surface area contributed by atoms with Crippen LogP contribution in [-0.4, -0.2) is 6.54 Å². The molecule has 19 heavy (non-hydrogen) atoms. The van der Waals surface area contributed by atoms with Gasteiger partial charge in [0.2, 0.25) is 0 Å². The maximum Gasteiger partial charge on any atom is 0.147 e. The average Bonchev–Trinajstić information content (AvgIpc) is 2.81. The lowest BCUT2D eigenvalue weighted by molar-refractivity contribution is 0.622. The van der Waals surface area contributed by atoms with E-state index >= 15 is 0 Å². The van der Waals surface area contributed by atoms with Crippen LogP contribution in [-0.2, 0) is 12.3 Å². The van der Waals surface area contributed by atoms with Crippen molar-refractivity contribution >= 4 is 23.0 Å². The van der Waals surface area contributed by atoms with Crippen LogP contribution in [0.1, 0.15) is 11.1 Å². The lowest BCUT2D eigenvalue weighted by atomic mass is 10.1. The summed E-state index contributed by atoms with van der Waals surface area (Å²) in [6, 6.07) is 9.58. The molecule has 0 radical (unpaired) electrons. The zero-order chi connectivity index (χ0) is 13.4. The Bertz CT molecular complexity index is 628. The van der Waals surface area contributed by atoms with Gasteiger partial charge < -0.3 is 4.90 Å². The Morgan fingerprint density at radius 1 is 1.05 bits per heavy atom. The number of fused-ring (bicyclic) bond motifs is 1. The van der Waals surface area contributed by atoms with Crippen LogP contribution < -0.4 is 4.90 Å². The molecule has 0 spiro atoms. The molecule has 2 aromatic rings. The van der Waals surface area contributed by atoms with Gasteiger partial charge in [0, 0.05) is 18.1 Å². The fourth-order valence-electron chi connectivity index (χ4n) is 2.46. The van der Waals surface area contributed by atoms with E-state index < -0.39 is 0 Å². The number of anilines is 2. The van der Waals surface area contributed by atoms with Crippen LogP contribution >= 0.6 is 11.6 Å². The summed E-state index contributed by atoms with van der Waals surface area (Å²) in [4.78, 5) is 1.81. The molecule has 0 amide bonds. The van der Waals surface area contributed by atoms with E-state index in [4.69, 9.17) is 11.6 Å². The highest BCUT2D eigenvalue weighted by Crippen LogP contribution is 2.36. The van der Waals surface area contributed by atoms with E-state index in [0.717, 1.165) is 23.2 Å². The van der Waals surface area contributed by atoms with Gasteiger partial charge in [-0.25, -0.2) is 8.78 Å². The molecule has 0 N–H and O–H groups in total. The van der Waals surface area contributed by atoms with Gasteiger partial charge in [0.1, 0.15) is 11.6 Å². The third-order valence-corrected chi connectivity index (χ3v) is 3.71. The zero-order valence-electron chi connectivity index (χ0n) is 10.2. The molecule has 98 valence electrons. The first-order valence-corrected chi connectivity index (χ1v) is 6.63. The summed E-state index contributed by atoms with van der Waals surface area (Å²) < 4.78 is 27.4. The second-order valence-corrected chi connectivity index (χ2v) is 4.86. The maximum atomic E-state index is 14.1. The molecule has 0 aromatic heterocycles. The Balaban J connectivity index is 2.04. The summed E-state index contributed by atoms with van der Waals surface area (Å²) in [5.74, 6) is -0.346. The van der Waals surface area contributed by atoms with Crippen molar-refractivity contribution < 1.29 is 8.78 Å².